The van der Waals surface area contributed by atoms with Crippen LogP contribution in [0, 0.1) is 0 Å². The number of benzene rings is 1. The minimum Gasteiger partial charge on any atom is -0.506 e. The molecule has 0 aliphatic carbocycles. The van der Waals surface area contributed by atoms with E-state index in [1.807, 2.05) is 0 Å². The second kappa shape index (κ2) is 6.64. The highest BCUT2D eigenvalue weighted by molar-refractivity contribution is 7.18. The highest BCUT2D eigenvalue weighted by Gasteiger charge is 2.13. The van der Waals surface area contributed by atoms with E-state index in [1.54, 1.807) is 12.3 Å². The lowest BCUT2D eigenvalue weighted by molar-refractivity contribution is 0.112. The summed E-state index contributed by atoms with van der Waals surface area (Å²) in [6.45, 7) is 2.26. The number of aldehydes is 1. The van der Waals surface area contributed by atoms with Gasteiger partial charge in [0.15, 0.2) is 6.29 Å². The van der Waals surface area contributed by atoms with Crippen molar-refractivity contribution in [3.8, 4) is 26.9 Å². The number of anilines is 1. The van der Waals surface area contributed by atoms with Gasteiger partial charge in [-0.2, -0.15) is 0 Å². The lowest BCUT2D eigenvalue weighted by Gasteiger charge is -2.17. The Morgan fingerprint density at radius 2 is 1.84 bits per heavy atom. The molecule has 5 nitrogen and oxygen atoms in total. The molecule has 6 heteroatoms. The molecule has 0 unspecified atom stereocenters. The molecule has 1 aliphatic rings. The summed E-state index contributed by atoms with van der Waals surface area (Å²) in [6, 6.07) is 10.1. The van der Waals surface area contributed by atoms with Gasteiger partial charge in [-0.25, -0.2) is 4.98 Å². The predicted molar refractivity (Wildman–Crippen MR) is 99.3 cm³/mol. The monoisotopic (exact) mass is 351 g/mol. The summed E-state index contributed by atoms with van der Waals surface area (Å²) in [5, 5.41) is 10.5. The third-order valence-electron chi connectivity index (χ3n) is 4.38. The first-order valence-electron chi connectivity index (χ1n) is 8.20. The molecule has 3 heterocycles. The molecule has 0 atom stereocenters. The van der Waals surface area contributed by atoms with E-state index in [9.17, 15) is 9.90 Å². The first kappa shape index (κ1) is 15.8. The normalized spacial score (nSPS) is 14.0. The van der Waals surface area contributed by atoms with Crippen LogP contribution in [0.3, 0.4) is 0 Å². The van der Waals surface area contributed by atoms with Crippen LogP contribution in [0.25, 0.3) is 21.1 Å². The molecule has 1 aliphatic heterocycles. The minimum atomic E-state index is -0.110. The summed E-state index contributed by atoms with van der Waals surface area (Å²) in [6.07, 6.45) is 6.20. The van der Waals surface area contributed by atoms with Crippen LogP contribution in [0.1, 0.15) is 23.2 Å². The van der Waals surface area contributed by atoms with Crippen LogP contribution < -0.4 is 4.90 Å². The van der Waals surface area contributed by atoms with Gasteiger partial charge in [0.25, 0.3) is 0 Å². The lowest BCUT2D eigenvalue weighted by atomic mass is 10.2. The van der Waals surface area contributed by atoms with E-state index in [0.717, 1.165) is 28.5 Å². The molecule has 1 N–H and O–H groups in total. The Hall–Kier alpha value is -2.73. The van der Waals surface area contributed by atoms with Gasteiger partial charge in [0, 0.05) is 30.5 Å². The molecule has 0 bridgehead atoms. The Balaban J connectivity index is 1.59. The molecule has 126 valence electrons. The molecule has 1 aromatic carbocycles. The molecule has 0 spiro atoms. The largest absolute Gasteiger partial charge is 0.506 e. The van der Waals surface area contributed by atoms with Crippen molar-refractivity contribution < 1.29 is 9.90 Å². The van der Waals surface area contributed by atoms with Crippen molar-refractivity contribution >= 4 is 23.3 Å². The number of pyridine rings is 1. The zero-order valence-corrected chi connectivity index (χ0v) is 14.4. The van der Waals surface area contributed by atoms with Crippen molar-refractivity contribution in [1.82, 2.24) is 9.97 Å². The summed E-state index contributed by atoms with van der Waals surface area (Å²) >= 11 is 1.52. The number of rotatable bonds is 4. The SMILES string of the molecule is O=Cc1cc(-c2cnc(-c3ccc(N4CCCC4)cc3)s2)ncc1O. The van der Waals surface area contributed by atoms with E-state index < -0.39 is 0 Å². The molecule has 3 aromatic rings. The quantitative estimate of drug-likeness (QED) is 0.720. The summed E-state index contributed by atoms with van der Waals surface area (Å²) in [7, 11) is 0. The van der Waals surface area contributed by atoms with Gasteiger partial charge in [0.1, 0.15) is 10.8 Å². The summed E-state index contributed by atoms with van der Waals surface area (Å²) in [5.41, 5.74) is 3.19. The first-order valence-corrected chi connectivity index (χ1v) is 9.02. The molecular weight excluding hydrogens is 334 g/mol. The minimum absolute atomic E-state index is 0.110. The molecule has 1 fully saturated rings. The Bertz CT molecular complexity index is 899. The van der Waals surface area contributed by atoms with Crippen LogP contribution in [-0.4, -0.2) is 34.5 Å². The van der Waals surface area contributed by atoms with Gasteiger partial charge in [-0.15, -0.1) is 11.3 Å². The van der Waals surface area contributed by atoms with E-state index in [-0.39, 0.29) is 11.3 Å². The highest BCUT2D eigenvalue weighted by atomic mass is 32.1. The van der Waals surface area contributed by atoms with Gasteiger partial charge in [0.05, 0.1) is 22.3 Å². The summed E-state index contributed by atoms with van der Waals surface area (Å²) in [5.74, 6) is -0.110. The van der Waals surface area contributed by atoms with Crippen LogP contribution in [0.15, 0.2) is 42.7 Å². The van der Waals surface area contributed by atoms with Crippen molar-refractivity contribution in [3.63, 3.8) is 0 Å². The van der Waals surface area contributed by atoms with E-state index in [1.165, 1.54) is 36.1 Å². The van der Waals surface area contributed by atoms with Crippen molar-refractivity contribution in [2.24, 2.45) is 0 Å². The standard InChI is InChI=1S/C19H17N3O2S/c23-12-14-9-16(20-10-17(14)24)18-11-21-19(25-18)13-3-5-15(6-4-13)22-7-1-2-8-22/h3-6,9-12,24H,1-2,7-8H2. The fraction of sp³-hybridized carbons (Fsp3) is 0.211. The predicted octanol–water partition coefficient (Wildman–Crippen LogP) is 3.99. The van der Waals surface area contributed by atoms with Gasteiger partial charge in [-0.1, -0.05) is 0 Å². The second-order valence-corrected chi connectivity index (χ2v) is 7.05. The van der Waals surface area contributed by atoms with Gasteiger partial charge < -0.3 is 10.0 Å². The molecule has 0 amide bonds. The zero-order chi connectivity index (χ0) is 17.2. The number of hydrogen-bond donors (Lipinski definition) is 1. The molecule has 1 saturated heterocycles. The fourth-order valence-corrected chi connectivity index (χ4v) is 3.90. The smallest absolute Gasteiger partial charge is 0.153 e. The number of nitrogens with zero attached hydrogens (tertiary/aromatic N) is 3. The average Bonchev–Trinajstić information content (AvgIpc) is 3.34. The highest BCUT2D eigenvalue weighted by Crippen LogP contribution is 2.33. The number of aromatic hydroxyl groups is 1. The average molecular weight is 351 g/mol. The van der Waals surface area contributed by atoms with E-state index in [2.05, 4.69) is 39.1 Å². The van der Waals surface area contributed by atoms with Gasteiger partial charge in [-0.3, -0.25) is 9.78 Å². The Labute approximate surface area is 149 Å². The molecule has 2 aromatic heterocycles. The van der Waals surface area contributed by atoms with E-state index >= 15 is 0 Å². The van der Waals surface area contributed by atoms with Crippen molar-refractivity contribution in [2.75, 3.05) is 18.0 Å². The number of hydrogen-bond acceptors (Lipinski definition) is 6. The maximum absolute atomic E-state index is 11.0. The van der Waals surface area contributed by atoms with Crippen molar-refractivity contribution in [1.29, 1.82) is 0 Å². The maximum Gasteiger partial charge on any atom is 0.153 e. The fourth-order valence-electron chi connectivity index (χ4n) is 3.01. The Morgan fingerprint density at radius 3 is 2.56 bits per heavy atom. The van der Waals surface area contributed by atoms with E-state index in [4.69, 9.17) is 0 Å². The second-order valence-electron chi connectivity index (χ2n) is 6.02. The van der Waals surface area contributed by atoms with E-state index in [0.29, 0.717) is 12.0 Å². The number of carbonyl (C=O) groups is 1. The molecule has 4 rings (SSSR count). The van der Waals surface area contributed by atoms with Crippen LogP contribution in [0.5, 0.6) is 5.75 Å². The third-order valence-corrected chi connectivity index (χ3v) is 5.45. The summed E-state index contributed by atoms with van der Waals surface area (Å²) in [4.78, 5) is 22.9. The van der Waals surface area contributed by atoms with Crippen molar-refractivity contribution in [2.45, 2.75) is 12.8 Å². The summed E-state index contributed by atoms with van der Waals surface area (Å²) < 4.78 is 0. The maximum atomic E-state index is 11.0. The topological polar surface area (TPSA) is 66.3 Å². The Kier molecular flexibility index (Phi) is 4.19. The van der Waals surface area contributed by atoms with Crippen LogP contribution in [-0.2, 0) is 0 Å². The van der Waals surface area contributed by atoms with Crippen LogP contribution in [0.4, 0.5) is 5.69 Å². The third kappa shape index (κ3) is 3.13. The number of aromatic nitrogens is 2. The zero-order valence-electron chi connectivity index (χ0n) is 13.6. The number of carbonyl (C=O) groups excluding carboxylic acids is 1. The molecule has 0 radical (unpaired) electrons. The first-order chi connectivity index (χ1) is 12.2. The number of thiazole rings is 1. The van der Waals surface area contributed by atoms with Crippen LogP contribution >= 0.6 is 11.3 Å². The van der Waals surface area contributed by atoms with Gasteiger partial charge in [0.2, 0.25) is 0 Å². The van der Waals surface area contributed by atoms with Gasteiger partial charge in [-0.05, 0) is 43.2 Å². The van der Waals surface area contributed by atoms with Crippen molar-refractivity contribution in [3.05, 3.63) is 48.3 Å². The van der Waals surface area contributed by atoms with Crippen LogP contribution in [0.2, 0.25) is 0 Å². The molecular formula is C19H17N3O2S. The molecule has 25 heavy (non-hydrogen) atoms. The Morgan fingerprint density at radius 1 is 1.08 bits per heavy atom. The lowest BCUT2D eigenvalue weighted by Crippen LogP contribution is -2.17. The molecule has 0 saturated carbocycles. The van der Waals surface area contributed by atoms with Gasteiger partial charge >= 0.3 is 0 Å².